The van der Waals surface area contributed by atoms with Crippen molar-refractivity contribution < 1.29 is 14.4 Å². The molecule has 1 fully saturated rings. The molecule has 1 aliphatic carbocycles. The number of carbonyl (C=O) groups excluding carboxylic acids is 3. The minimum Gasteiger partial charge on any atom is -0.298 e. The molecule has 1 atom stereocenters. The summed E-state index contributed by atoms with van der Waals surface area (Å²) in [5.41, 5.74) is 0.880. The van der Waals surface area contributed by atoms with Crippen LogP contribution in [0, 0.1) is 5.92 Å². The molecule has 0 spiro atoms. The Morgan fingerprint density at radius 3 is 2.92 bits per heavy atom. The third-order valence-corrected chi connectivity index (χ3v) is 2.24. The zero-order valence-electron chi connectivity index (χ0n) is 6.74. The highest BCUT2D eigenvalue weighted by Gasteiger charge is 2.36. The summed E-state index contributed by atoms with van der Waals surface area (Å²) in [6, 6.07) is 0. The molecule has 4 nitrogen and oxygen atoms in total. The first kappa shape index (κ1) is 7.91. The number of imide groups is 1. The van der Waals surface area contributed by atoms with E-state index in [9.17, 15) is 14.4 Å². The molecule has 1 heterocycles. The van der Waals surface area contributed by atoms with Crippen LogP contribution in [0.5, 0.6) is 0 Å². The monoisotopic (exact) mass is 177 g/mol. The second-order valence-corrected chi connectivity index (χ2v) is 3.03. The van der Waals surface area contributed by atoms with Crippen LogP contribution in [0.25, 0.3) is 0 Å². The van der Waals surface area contributed by atoms with Crippen LogP contribution in [0.15, 0.2) is 23.3 Å². The predicted octanol–water partition coefficient (Wildman–Crippen LogP) is -0.286. The van der Waals surface area contributed by atoms with Crippen molar-refractivity contribution in [1.82, 2.24) is 5.32 Å². The van der Waals surface area contributed by atoms with E-state index in [1.54, 1.807) is 6.08 Å². The van der Waals surface area contributed by atoms with E-state index in [4.69, 9.17) is 0 Å². The van der Waals surface area contributed by atoms with E-state index >= 15 is 0 Å². The van der Waals surface area contributed by atoms with Gasteiger partial charge in [0.05, 0.1) is 5.92 Å². The van der Waals surface area contributed by atoms with Crippen molar-refractivity contribution >= 4 is 18.1 Å². The van der Waals surface area contributed by atoms with Gasteiger partial charge in [0.2, 0.25) is 5.91 Å². The smallest absolute Gasteiger partial charge is 0.254 e. The predicted molar refractivity (Wildman–Crippen MR) is 43.5 cm³/mol. The van der Waals surface area contributed by atoms with Crippen LogP contribution in [0.3, 0.4) is 0 Å². The van der Waals surface area contributed by atoms with Gasteiger partial charge in [-0.3, -0.25) is 19.7 Å². The number of nitrogens with one attached hydrogen (secondary N) is 1. The van der Waals surface area contributed by atoms with Gasteiger partial charge in [0.1, 0.15) is 6.29 Å². The Balaban J connectivity index is 2.40. The highest BCUT2D eigenvalue weighted by molar-refractivity contribution is 6.16. The van der Waals surface area contributed by atoms with Crippen LogP contribution in [-0.2, 0) is 14.4 Å². The lowest BCUT2D eigenvalue weighted by atomic mass is 9.91. The molecule has 0 aromatic carbocycles. The first-order valence-corrected chi connectivity index (χ1v) is 3.94. The number of rotatable bonds is 1. The molecule has 2 amide bonds. The zero-order valence-corrected chi connectivity index (χ0v) is 6.74. The Morgan fingerprint density at radius 2 is 2.23 bits per heavy atom. The molecule has 2 aliphatic rings. The quantitative estimate of drug-likeness (QED) is 0.442. The molecular weight excluding hydrogens is 170 g/mol. The van der Waals surface area contributed by atoms with Gasteiger partial charge in [0.15, 0.2) is 0 Å². The molecular formula is C9H7NO3. The van der Waals surface area contributed by atoms with E-state index in [-0.39, 0.29) is 17.7 Å². The topological polar surface area (TPSA) is 63.2 Å². The molecule has 0 saturated carbocycles. The van der Waals surface area contributed by atoms with Crippen LogP contribution >= 0.6 is 0 Å². The number of hydrogen-bond donors (Lipinski definition) is 1. The van der Waals surface area contributed by atoms with Gasteiger partial charge in [-0.1, -0.05) is 6.08 Å². The number of carbonyl (C=O) groups is 3. The van der Waals surface area contributed by atoms with E-state index in [2.05, 4.69) is 5.32 Å². The standard InChI is InChI=1S/C9H7NO3/c11-4-5-1-2-6-7(3-5)9(13)10-8(6)12/h1,3-4,6H,2H2,(H,10,12,13). The molecule has 0 bridgehead atoms. The maximum Gasteiger partial charge on any atom is 0.254 e. The molecule has 0 aromatic heterocycles. The first-order chi connectivity index (χ1) is 6.22. The molecule has 13 heavy (non-hydrogen) atoms. The van der Waals surface area contributed by atoms with E-state index < -0.39 is 0 Å². The minimum absolute atomic E-state index is 0.266. The second-order valence-electron chi connectivity index (χ2n) is 3.03. The van der Waals surface area contributed by atoms with E-state index in [0.29, 0.717) is 23.9 Å². The lowest BCUT2D eigenvalue weighted by Gasteiger charge is -2.09. The van der Waals surface area contributed by atoms with Crippen molar-refractivity contribution in [2.45, 2.75) is 6.42 Å². The fraction of sp³-hybridized carbons (Fsp3) is 0.222. The summed E-state index contributed by atoms with van der Waals surface area (Å²) in [6.45, 7) is 0. The summed E-state index contributed by atoms with van der Waals surface area (Å²) in [5, 5.41) is 2.21. The molecule has 66 valence electrons. The van der Waals surface area contributed by atoms with Gasteiger partial charge in [0.25, 0.3) is 5.91 Å². The van der Waals surface area contributed by atoms with Crippen molar-refractivity contribution in [3.05, 3.63) is 23.3 Å². The first-order valence-electron chi connectivity index (χ1n) is 3.94. The van der Waals surface area contributed by atoms with Gasteiger partial charge in [-0.05, 0) is 12.5 Å². The summed E-state index contributed by atoms with van der Waals surface area (Å²) in [5.74, 6) is -1.02. The van der Waals surface area contributed by atoms with Crippen LogP contribution in [0.1, 0.15) is 6.42 Å². The normalized spacial score (nSPS) is 26.0. The van der Waals surface area contributed by atoms with Crippen LogP contribution in [0.2, 0.25) is 0 Å². The lowest BCUT2D eigenvalue weighted by Crippen LogP contribution is -2.21. The third kappa shape index (κ3) is 1.11. The fourth-order valence-electron chi connectivity index (χ4n) is 1.55. The average molecular weight is 177 g/mol. The maximum absolute atomic E-state index is 11.1. The number of allylic oxidation sites excluding steroid dienone is 3. The minimum atomic E-state index is -0.379. The van der Waals surface area contributed by atoms with Crippen LogP contribution < -0.4 is 5.32 Å². The Morgan fingerprint density at radius 1 is 1.46 bits per heavy atom. The summed E-state index contributed by atoms with van der Waals surface area (Å²) >= 11 is 0. The van der Waals surface area contributed by atoms with Crippen molar-refractivity contribution in [2.24, 2.45) is 5.92 Å². The van der Waals surface area contributed by atoms with E-state index in [1.165, 1.54) is 6.08 Å². The molecule has 1 unspecified atom stereocenters. The molecule has 4 heteroatoms. The summed E-state index contributed by atoms with van der Waals surface area (Å²) in [7, 11) is 0. The Labute approximate surface area is 74.3 Å². The van der Waals surface area contributed by atoms with Crippen molar-refractivity contribution in [3.63, 3.8) is 0 Å². The molecule has 0 aromatic rings. The number of amides is 2. The fourth-order valence-corrected chi connectivity index (χ4v) is 1.55. The number of fused-ring (bicyclic) bond motifs is 1. The van der Waals surface area contributed by atoms with Gasteiger partial charge < -0.3 is 0 Å². The number of aldehydes is 1. The van der Waals surface area contributed by atoms with Crippen LogP contribution in [-0.4, -0.2) is 18.1 Å². The Bertz CT molecular complexity index is 365. The highest BCUT2D eigenvalue weighted by Crippen LogP contribution is 2.27. The van der Waals surface area contributed by atoms with Gasteiger partial charge in [-0.25, -0.2) is 0 Å². The van der Waals surface area contributed by atoms with Gasteiger partial charge in [0, 0.05) is 11.1 Å². The Kier molecular flexibility index (Phi) is 1.62. The average Bonchev–Trinajstić information content (AvgIpc) is 2.42. The van der Waals surface area contributed by atoms with Crippen molar-refractivity contribution in [3.8, 4) is 0 Å². The van der Waals surface area contributed by atoms with Gasteiger partial charge in [-0.15, -0.1) is 0 Å². The van der Waals surface area contributed by atoms with Crippen LogP contribution in [0.4, 0.5) is 0 Å². The Hall–Kier alpha value is -1.71. The molecule has 1 N–H and O–H groups in total. The summed E-state index contributed by atoms with van der Waals surface area (Å²) in [6.07, 6.45) is 4.26. The van der Waals surface area contributed by atoms with Crippen molar-refractivity contribution in [2.75, 3.05) is 0 Å². The molecule has 2 rings (SSSR count). The second kappa shape index (κ2) is 2.65. The third-order valence-electron chi connectivity index (χ3n) is 2.24. The van der Waals surface area contributed by atoms with E-state index in [0.717, 1.165) is 0 Å². The maximum atomic E-state index is 11.1. The SMILES string of the molecule is O=CC1=CCC2C(=O)NC(=O)C2=C1. The van der Waals surface area contributed by atoms with E-state index in [1.807, 2.05) is 0 Å². The molecule has 1 aliphatic heterocycles. The molecule has 1 saturated heterocycles. The van der Waals surface area contributed by atoms with Gasteiger partial charge >= 0.3 is 0 Å². The van der Waals surface area contributed by atoms with Gasteiger partial charge in [-0.2, -0.15) is 0 Å². The van der Waals surface area contributed by atoms with Crippen molar-refractivity contribution in [1.29, 1.82) is 0 Å². The molecule has 0 radical (unpaired) electrons. The largest absolute Gasteiger partial charge is 0.298 e. The summed E-state index contributed by atoms with van der Waals surface area (Å²) < 4.78 is 0. The lowest BCUT2D eigenvalue weighted by molar-refractivity contribution is -0.125. The summed E-state index contributed by atoms with van der Waals surface area (Å²) in [4.78, 5) is 32.7. The highest BCUT2D eigenvalue weighted by atomic mass is 16.2. The zero-order chi connectivity index (χ0) is 9.42. The number of hydrogen-bond acceptors (Lipinski definition) is 3.